The summed E-state index contributed by atoms with van der Waals surface area (Å²) in [4.78, 5) is 2.49. The average Bonchev–Trinajstić information content (AvgIpc) is 2.83. The molecule has 0 aromatic heterocycles. The van der Waals surface area contributed by atoms with E-state index in [1.54, 1.807) is 0 Å². The lowest BCUT2D eigenvalue weighted by Crippen LogP contribution is -2.32. The van der Waals surface area contributed by atoms with E-state index in [0.717, 1.165) is 19.0 Å². The lowest BCUT2D eigenvalue weighted by atomic mass is 10.0. The number of nitrogens with two attached hydrogens (primary N) is 1. The summed E-state index contributed by atoms with van der Waals surface area (Å²) in [6.07, 6.45) is 3.86. The molecule has 4 heteroatoms. The van der Waals surface area contributed by atoms with Gasteiger partial charge in [0, 0.05) is 19.1 Å². The highest BCUT2D eigenvalue weighted by molar-refractivity contribution is 6.42. The van der Waals surface area contributed by atoms with E-state index in [1.807, 2.05) is 18.2 Å². The molecular formula is C15H22Cl2N2. The Hall–Kier alpha value is -0.280. The smallest absolute Gasteiger partial charge is 0.0595 e. The molecule has 0 bridgehead atoms. The molecule has 0 saturated carbocycles. The Morgan fingerprint density at radius 3 is 2.79 bits per heavy atom. The Morgan fingerprint density at radius 1 is 1.37 bits per heavy atom. The molecule has 1 aromatic rings. The van der Waals surface area contributed by atoms with Crippen molar-refractivity contribution < 1.29 is 0 Å². The van der Waals surface area contributed by atoms with Crippen molar-refractivity contribution >= 4 is 23.2 Å². The number of likely N-dealkylation sites (tertiary alicyclic amines) is 1. The van der Waals surface area contributed by atoms with Crippen molar-refractivity contribution in [3.05, 3.63) is 33.8 Å². The molecule has 19 heavy (non-hydrogen) atoms. The van der Waals surface area contributed by atoms with Crippen LogP contribution in [0.25, 0.3) is 0 Å². The van der Waals surface area contributed by atoms with Crippen LogP contribution in [-0.4, -0.2) is 24.5 Å². The first kappa shape index (κ1) is 15.1. The molecule has 2 unspecified atom stereocenters. The molecule has 0 radical (unpaired) electrons. The Labute approximate surface area is 125 Å². The monoisotopic (exact) mass is 300 g/mol. The fraction of sp³-hybridized carbons (Fsp3) is 0.600. The molecule has 0 amide bonds. The molecule has 1 fully saturated rings. The first-order valence-corrected chi connectivity index (χ1v) is 7.80. The number of benzene rings is 1. The van der Waals surface area contributed by atoms with Crippen LogP contribution in [0.15, 0.2) is 18.2 Å². The summed E-state index contributed by atoms with van der Waals surface area (Å²) in [6.45, 7) is 5.15. The van der Waals surface area contributed by atoms with E-state index in [0.29, 0.717) is 16.6 Å². The molecule has 1 aromatic carbocycles. The van der Waals surface area contributed by atoms with Gasteiger partial charge in [-0.3, -0.25) is 4.90 Å². The van der Waals surface area contributed by atoms with Gasteiger partial charge in [0.1, 0.15) is 0 Å². The normalized spacial score (nSPS) is 21.8. The second kappa shape index (κ2) is 6.94. The minimum absolute atomic E-state index is 0.261. The van der Waals surface area contributed by atoms with E-state index >= 15 is 0 Å². The van der Waals surface area contributed by atoms with Gasteiger partial charge < -0.3 is 5.73 Å². The Balaban J connectivity index is 2.09. The molecule has 0 spiro atoms. The molecule has 2 rings (SSSR count). The highest BCUT2D eigenvalue weighted by Crippen LogP contribution is 2.32. The average molecular weight is 301 g/mol. The number of hydrogen-bond donors (Lipinski definition) is 1. The third-order valence-corrected chi connectivity index (χ3v) is 4.75. The van der Waals surface area contributed by atoms with Crippen molar-refractivity contribution in [1.82, 2.24) is 4.90 Å². The largest absolute Gasteiger partial charge is 0.329 e. The topological polar surface area (TPSA) is 29.3 Å². The predicted molar refractivity (Wildman–Crippen MR) is 82.8 cm³/mol. The van der Waals surface area contributed by atoms with Crippen LogP contribution in [0.3, 0.4) is 0 Å². The molecule has 2 nitrogen and oxygen atoms in total. The van der Waals surface area contributed by atoms with Crippen molar-refractivity contribution in [2.45, 2.75) is 32.2 Å². The molecule has 1 aliphatic rings. The molecule has 2 N–H and O–H groups in total. The standard InChI is InChI=1S/C15H22Cl2N2/c1-2-3-11-6-7-19(10-11)15(9-18)12-4-5-13(16)14(17)8-12/h4-5,8,11,15H,2-3,6-7,9-10,18H2,1H3. The van der Waals surface area contributed by atoms with Gasteiger partial charge in [-0.15, -0.1) is 0 Å². The van der Waals surface area contributed by atoms with Gasteiger partial charge in [0.2, 0.25) is 0 Å². The van der Waals surface area contributed by atoms with Crippen LogP contribution in [0.4, 0.5) is 0 Å². The lowest BCUT2D eigenvalue weighted by Gasteiger charge is -2.27. The van der Waals surface area contributed by atoms with Gasteiger partial charge in [-0.05, 0) is 43.0 Å². The maximum Gasteiger partial charge on any atom is 0.0595 e. The van der Waals surface area contributed by atoms with Gasteiger partial charge in [-0.25, -0.2) is 0 Å². The zero-order valence-corrected chi connectivity index (χ0v) is 12.9. The van der Waals surface area contributed by atoms with Crippen LogP contribution in [0.5, 0.6) is 0 Å². The van der Waals surface area contributed by atoms with E-state index in [9.17, 15) is 0 Å². The van der Waals surface area contributed by atoms with Crippen LogP contribution >= 0.6 is 23.2 Å². The van der Waals surface area contributed by atoms with Crippen LogP contribution in [0.2, 0.25) is 10.0 Å². The summed E-state index contributed by atoms with van der Waals surface area (Å²) in [5.41, 5.74) is 7.15. The summed E-state index contributed by atoms with van der Waals surface area (Å²) >= 11 is 12.1. The summed E-state index contributed by atoms with van der Waals surface area (Å²) in [7, 11) is 0. The zero-order chi connectivity index (χ0) is 13.8. The lowest BCUT2D eigenvalue weighted by molar-refractivity contribution is 0.240. The molecule has 1 saturated heterocycles. The van der Waals surface area contributed by atoms with Crippen LogP contribution in [0, 0.1) is 5.92 Å². The van der Waals surface area contributed by atoms with Gasteiger partial charge in [-0.1, -0.05) is 42.6 Å². The van der Waals surface area contributed by atoms with Gasteiger partial charge >= 0.3 is 0 Å². The fourth-order valence-electron chi connectivity index (χ4n) is 3.01. The zero-order valence-electron chi connectivity index (χ0n) is 11.4. The van der Waals surface area contributed by atoms with E-state index < -0.39 is 0 Å². The maximum absolute atomic E-state index is 6.11. The SMILES string of the molecule is CCCC1CCN(C(CN)c2ccc(Cl)c(Cl)c2)C1. The quantitative estimate of drug-likeness (QED) is 0.886. The summed E-state index contributed by atoms with van der Waals surface area (Å²) in [6, 6.07) is 6.12. The second-order valence-corrected chi connectivity index (χ2v) is 6.18. The Kier molecular flexibility index (Phi) is 5.52. The molecular weight excluding hydrogens is 279 g/mol. The van der Waals surface area contributed by atoms with E-state index in [2.05, 4.69) is 11.8 Å². The molecule has 1 heterocycles. The van der Waals surface area contributed by atoms with Gasteiger partial charge in [0.25, 0.3) is 0 Å². The second-order valence-electron chi connectivity index (χ2n) is 5.36. The molecule has 1 aliphatic heterocycles. The molecule has 0 aliphatic carbocycles. The van der Waals surface area contributed by atoms with E-state index in [1.165, 1.54) is 24.8 Å². The van der Waals surface area contributed by atoms with Crippen molar-refractivity contribution in [3.8, 4) is 0 Å². The van der Waals surface area contributed by atoms with Gasteiger partial charge in [0.15, 0.2) is 0 Å². The first-order chi connectivity index (χ1) is 9.15. The number of halogens is 2. The summed E-state index contributed by atoms with van der Waals surface area (Å²) in [5.74, 6) is 0.821. The van der Waals surface area contributed by atoms with Crippen LogP contribution < -0.4 is 5.73 Å². The number of rotatable bonds is 5. The van der Waals surface area contributed by atoms with Gasteiger partial charge in [0.05, 0.1) is 10.0 Å². The van der Waals surface area contributed by atoms with Crippen molar-refractivity contribution in [2.75, 3.05) is 19.6 Å². The van der Waals surface area contributed by atoms with Crippen molar-refractivity contribution in [2.24, 2.45) is 11.7 Å². The highest BCUT2D eigenvalue weighted by Gasteiger charge is 2.28. The van der Waals surface area contributed by atoms with Gasteiger partial charge in [-0.2, -0.15) is 0 Å². The highest BCUT2D eigenvalue weighted by atomic mass is 35.5. The number of nitrogens with zero attached hydrogens (tertiary/aromatic N) is 1. The minimum atomic E-state index is 0.261. The third-order valence-electron chi connectivity index (χ3n) is 4.01. The van der Waals surface area contributed by atoms with Crippen LogP contribution in [-0.2, 0) is 0 Å². The van der Waals surface area contributed by atoms with Crippen molar-refractivity contribution in [3.63, 3.8) is 0 Å². The summed E-state index contributed by atoms with van der Waals surface area (Å²) < 4.78 is 0. The third kappa shape index (κ3) is 3.63. The van der Waals surface area contributed by atoms with E-state index in [-0.39, 0.29) is 6.04 Å². The van der Waals surface area contributed by atoms with Crippen LogP contribution in [0.1, 0.15) is 37.8 Å². The predicted octanol–water partition coefficient (Wildman–Crippen LogP) is 4.12. The fourth-order valence-corrected chi connectivity index (χ4v) is 3.31. The molecule has 106 valence electrons. The van der Waals surface area contributed by atoms with Crippen molar-refractivity contribution in [1.29, 1.82) is 0 Å². The Morgan fingerprint density at radius 2 is 2.16 bits per heavy atom. The maximum atomic E-state index is 6.11. The molecule has 2 atom stereocenters. The Bertz CT molecular complexity index is 423. The first-order valence-electron chi connectivity index (χ1n) is 7.04. The van der Waals surface area contributed by atoms with E-state index in [4.69, 9.17) is 28.9 Å². The minimum Gasteiger partial charge on any atom is -0.329 e. The summed E-state index contributed by atoms with van der Waals surface area (Å²) in [5, 5.41) is 1.22. The number of hydrogen-bond acceptors (Lipinski definition) is 2.